The molecule has 1 aromatic rings. The van der Waals surface area contributed by atoms with Crippen LogP contribution in [0.1, 0.15) is 36.5 Å². The van der Waals surface area contributed by atoms with Crippen LogP contribution in [0.25, 0.3) is 0 Å². The quantitative estimate of drug-likeness (QED) is 0.672. The van der Waals surface area contributed by atoms with Gasteiger partial charge in [0.05, 0.1) is 10.5 Å². The van der Waals surface area contributed by atoms with Gasteiger partial charge < -0.3 is 10.2 Å². The highest BCUT2D eigenvalue weighted by Crippen LogP contribution is 2.22. The number of aromatic nitrogens is 1. The Bertz CT molecular complexity index is 512. The van der Waals surface area contributed by atoms with Crippen LogP contribution in [0.5, 0.6) is 0 Å². The molecule has 1 saturated heterocycles. The molecule has 1 aliphatic heterocycles. The Labute approximate surface area is 117 Å². The van der Waals surface area contributed by atoms with Crippen molar-refractivity contribution in [3.63, 3.8) is 0 Å². The Kier molecular flexibility index (Phi) is 4.49. The summed E-state index contributed by atoms with van der Waals surface area (Å²) in [5.74, 6) is 0.227. The minimum atomic E-state index is -0.532. The number of amides is 1. The third-order valence-corrected chi connectivity index (χ3v) is 3.30. The maximum atomic E-state index is 12.5. The van der Waals surface area contributed by atoms with Crippen molar-refractivity contribution >= 4 is 17.4 Å². The van der Waals surface area contributed by atoms with Crippen molar-refractivity contribution < 1.29 is 9.72 Å². The van der Waals surface area contributed by atoms with Crippen LogP contribution >= 0.6 is 0 Å². The molecule has 0 aromatic carbocycles. The number of rotatable bonds is 4. The normalized spacial score (nSPS) is 14.9. The second-order valence-corrected chi connectivity index (χ2v) is 4.73. The Morgan fingerprint density at radius 1 is 1.45 bits per heavy atom. The molecule has 0 aliphatic carbocycles. The lowest BCUT2D eigenvalue weighted by Gasteiger charge is -2.27. The van der Waals surface area contributed by atoms with Crippen molar-refractivity contribution in [3.8, 4) is 0 Å². The standard InChI is InChI=1S/C13H18N4O3/c1-2-14-12-11(8-10(9-15-12)17(19)20)13(18)16-6-4-3-5-7-16/h8-9H,2-7H2,1H3,(H,14,15). The van der Waals surface area contributed by atoms with E-state index >= 15 is 0 Å². The zero-order valence-electron chi connectivity index (χ0n) is 11.5. The Hall–Kier alpha value is -2.18. The van der Waals surface area contributed by atoms with E-state index in [0.717, 1.165) is 19.3 Å². The van der Waals surface area contributed by atoms with Crippen molar-refractivity contribution in [2.75, 3.05) is 25.0 Å². The van der Waals surface area contributed by atoms with Crippen molar-refractivity contribution in [2.24, 2.45) is 0 Å². The van der Waals surface area contributed by atoms with Crippen LogP contribution in [0.4, 0.5) is 11.5 Å². The summed E-state index contributed by atoms with van der Waals surface area (Å²) in [6, 6.07) is 1.31. The van der Waals surface area contributed by atoms with E-state index in [1.54, 1.807) is 4.90 Å². The molecule has 0 bridgehead atoms. The molecule has 1 aromatic heterocycles. The lowest BCUT2D eigenvalue weighted by atomic mass is 10.1. The molecule has 108 valence electrons. The van der Waals surface area contributed by atoms with E-state index in [1.165, 1.54) is 12.3 Å². The lowest BCUT2D eigenvalue weighted by molar-refractivity contribution is -0.385. The van der Waals surface area contributed by atoms with Gasteiger partial charge in [-0.1, -0.05) is 0 Å². The summed E-state index contributed by atoms with van der Waals surface area (Å²) in [6.07, 6.45) is 4.25. The number of hydrogen-bond donors (Lipinski definition) is 1. The van der Waals surface area contributed by atoms with Crippen molar-refractivity contribution in [2.45, 2.75) is 26.2 Å². The van der Waals surface area contributed by atoms with E-state index in [4.69, 9.17) is 0 Å². The highest BCUT2D eigenvalue weighted by atomic mass is 16.6. The van der Waals surface area contributed by atoms with Gasteiger partial charge in [0.15, 0.2) is 0 Å². The summed E-state index contributed by atoms with van der Waals surface area (Å²) >= 11 is 0. The molecule has 1 aliphatic rings. The first-order chi connectivity index (χ1) is 9.63. The topological polar surface area (TPSA) is 88.4 Å². The largest absolute Gasteiger partial charge is 0.370 e. The third-order valence-electron chi connectivity index (χ3n) is 3.30. The zero-order valence-corrected chi connectivity index (χ0v) is 11.5. The number of hydrogen-bond acceptors (Lipinski definition) is 5. The molecule has 0 radical (unpaired) electrons. The van der Waals surface area contributed by atoms with Gasteiger partial charge >= 0.3 is 0 Å². The number of carbonyl (C=O) groups is 1. The molecular weight excluding hydrogens is 260 g/mol. The minimum Gasteiger partial charge on any atom is -0.370 e. The van der Waals surface area contributed by atoms with Crippen molar-refractivity contribution in [3.05, 3.63) is 27.9 Å². The van der Waals surface area contributed by atoms with E-state index in [-0.39, 0.29) is 17.2 Å². The summed E-state index contributed by atoms with van der Waals surface area (Å²) in [6.45, 7) is 3.89. The molecule has 7 nitrogen and oxygen atoms in total. The summed E-state index contributed by atoms with van der Waals surface area (Å²) < 4.78 is 0. The fraction of sp³-hybridized carbons (Fsp3) is 0.538. The summed E-state index contributed by atoms with van der Waals surface area (Å²) in [5, 5.41) is 13.8. The molecule has 2 rings (SSSR count). The first-order valence-electron chi connectivity index (χ1n) is 6.81. The number of pyridine rings is 1. The number of nitrogens with one attached hydrogen (secondary N) is 1. The van der Waals surface area contributed by atoms with Crippen LogP contribution in [0.15, 0.2) is 12.3 Å². The molecule has 0 saturated carbocycles. The number of likely N-dealkylation sites (tertiary alicyclic amines) is 1. The van der Waals surface area contributed by atoms with Gasteiger partial charge in [0.2, 0.25) is 0 Å². The molecule has 1 fully saturated rings. The Morgan fingerprint density at radius 3 is 2.75 bits per heavy atom. The SMILES string of the molecule is CCNc1ncc([N+](=O)[O-])cc1C(=O)N1CCCCC1. The van der Waals surface area contributed by atoms with Gasteiger partial charge in [-0.15, -0.1) is 0 Å². The molecule has 7 heteroatoms. The maximum Gasteiger partial charge on any atom is 0.288 e. The van der Waals surface area contributed by atoms with Crippen LogP contribution in [0.3, 0.4) is 0 Å². The lowest BCUT2D eigenvalue weighted by Crippen LogP contribution is -2.36. The summed E-state index contributed by atoms with van der Waals surface area (Å²) in [5.41, 5.74) is 0.120. The van der Waals surface area contributed by atoms with Crippen LogP contribution < -0.4 is 5.32 Å². The second kappa shape index (κ2) is 6.31. The van der Waals surface area contributed by atoms with E-state index in [0.29, 0.717) is 25.5 Å². The number of anilines is 1. The predicted molar refractivity (Wildman–Crippen MR) is 74.8 cm³/mol. The van der Waals surface area contributed by atoms with Crippen molar-refractivity contribution in [1.82, 2.24) is 9.88 Å². The molecule has 0 atom stereocenters. The van der Waals surface area contributed by atoms with Gasteiger partial charge in [0.25, 0.3) is 11.6 Å². The molecule has 1 amide bonds. The van der Waals surface area contributed by atoms with E-state index in [9.17, 15) is 14.9 Å². The molecular formula is C13H18N4O3. The van der Waals surface area contributed by atoms with E-state index in [1.807, 2.05) is 6.92 Å². The molecule has 0 unspecified atom stereocenters. The van der Waals surface area contributed by atoms with Crippen LogP contribution in [0.2, 0.25) is 0 Å². The van der Waals surface area contributed by atoms with Crippen LogP contribution in [-0.2, 0) is 0 Å². The van der Waals surface area contributed by atoms with E-state index in [2.05, 4.69) is 10.3 Å². The third kappa shape index (κ3) is 3.04. The van der Waals surface area contributed by atoms with Gasteiger partial charge in [-0.2, -0.15) is 0 Å². The number of nitro groups is 1. The minimum absolute atomic E-state index is 0.160. The number of piperidine rings is 1. The smallest absolute Gasteiger partial charge is 0.288 e. The van der Waals surface area contributed by atoms with Gasteiger partial charge in [0, 0.05) is 25.7 Å². The van der Waals surface area contributed by atoms with Crippen LogP contribution in [-0.4, -0.2) is 40.3 Å². The molecule has 1 N–H and O–H groups in total. The van der Waals surface area contributed by atoms with Gasteiger partial charge in [-0.25, -0.2) is 4.98 Å². The highest BCUT2D eigenvalue weighted by molar-refractivity contribution is 5.99. The van der Waals surface area contributed by atoms with Crippen LogP contribution in [0, 0.1) is 10.1 Å². The highest BCUT2D eigenvalue weighted by Gasteiger charge is 2.23. The van der Waals surface area contributed by atoms with Gasteiger partial charge in [-0.05, 0) is 26.2 Å². The van der Waals surface area contributed by atoms with Crippen molar-refractivity contribution in [1.29, 1.82) is 0 Å². The fourth-order valence-electron chi connectivity index (χ4n) is 2.29. The average Bonchev–Trinajstić information content (AvgIpc) is 2.48. The second-order valence-electron chi connectivity index (χ2n) is 4.73. The molecule has 20 heavy (non-hydrogen) atoms. The molecule has 0 spiro atoms. The van der Waals surface area contributed by atoms with E-state index < -0.39 is 4.92 Å². The number of carbonyl (C=O) groups excluding carboxylic acids is 1. The zero-order chi connectivity index (χ0) is 14.5. The Morgan fingerprint density at radius 2 is 2.15 bits per heavy atom. The first-order valence-corrected chi connectivity index (χ1v) is 6.81. The first kappa shape index (κ1) is 14.2. The predicted octanol–water partition coefficient (Wildman–Crippen LogP) is 2.05. The van der Waals surface area contributed by atoms with Gasteiger partial charge in [0.1, 0.15) is 12.0 Å². The van der Waals surface area contributed by atoms with Gasteiger partial charge in [-0.3, -0.25) is 14.9 Å². The summed E-state index contributed by atoms with van der Waals surface area (Å²) in [7, 11) is 0. The maximum absolute atomic E-state index is 12.5. The average molecular weight is 278 g/mol. The monoisotopic (exact) mass is 278 g/mol. The fourth-order valence-corrected chi connectivity index (χ4v) is 2.29. The Balaban J connectivity index is 2.32. The summed E-state index contributed by atoms with van der Waals surface area (Å²) in [4.78, 5) is 28.5. The molecule has 2 heterocycles. The number of nitrogens with zero attached hydrogens (tertiary/aromatic N) is 3.